The van der Waals surface area contributed by atoms with Crippen LogP contribution in [0.3, 0.4) is 0 Å². The molecule has 0 spiro atoms. The van der Waals surface area contributed by atoms with Crippen LogP contribution in [-0.2, 0) is 0 Å². The minimum absolute atomic E-state index is 0.169. The van der Waals surface area contributed by atoms with E-state index in [2.05, 4.69) is 43.4 Å². The summed E-state index contributed by atoms with van der Waals surface area (Å²) in [5.41, 5.74) is 3.46. The van der Waals surface area contributed by atoms with E-state index < -0.39 is 0 Å². The van der Waals surface area contributed by atoms with Gasteiger partial charge in [0.1, 0.15) is 5.82 Å². The summed E-state index contributed by atoms with van der Waals surface area (Å²) in [4.78, 5) is 1.27. The van der Waals surface area contributed by atoms with Gasteiger partial charge in [0.2, 0.25) is 0 Å². The Labute approximate surface area is 131 Å². The highest BCUT2D eigenvalue weighted by atomic mass is 32.2. The number of nitrogens with one attached hydrogen (secondary N) is 1. The summed E-state index contributed by atoms with van der Waals surface area (Å²) in [7, 11) is 0. The molecule has 112 valence electrons. The lowest BCUT2D eigenvalue weighted by Crippen LogP contribution is -2.23. The van der Waals surface area contributed by atoms with E-state index in [1.54, 1.807) is 12.1 Å². The van der Waals surface area contributed by atoms with Crippen LogP contribution in [0.1, 0.15) is 29.7 Å². The third kappa shape index (κ3) is 4.58. The molecule has 0 aromatic heterocycles. The molecule has 0 heterocycles. The molecule has 1 N–H and O–H groups in total. The molecule has 0 aliphatic rings. The monoisotopic (exact) mass is 303 g/mol. The first-order valence-corrected chi connectivity index (χ1v) is 8.27. The number of thioether (sulfide) groups is 1. The summed E-state index contributed by atoms with van der Waals surface area (Å²) >= 11 is 1.83. The van der Waals surface area contributed by atoms with Crippen molar-refractivity contribution in [2.24, 2.45) is 0 Å². The van der Waals surface area contributed by atoms with E-state index in [1.807, 2.05) is 24.8 Å². The van der Waals surface area contributed by atoms with Gasteiger partial charge in [0.15, 0.2) is 0 Å². The Morgan fingerprint density at radius 2 is 1.81 bits per heavy atom. The SMILES string of the molecule is CCNC(CSc1ccc(C)cc1)c1ccc(F)cc1C. The zero-order chi connectivity index (χ0) is 15.2. The minimum Gasteiger partial charge on any atom is -0.309 e. The van der Waals surface area contributed by atoms with Crippen molar-refractivity contribution in [3.8, 4) is 0 Å². The second-order valence-corrected chi connectivity index (χ2v) is 6.33. The van der Waals surface area contributed by atoms with Crippen LogP contribution >= 0.6 is 11.8 Å². The average Bonchev–Trinajstić information content (AvgIpc) is 2.46. The van der Waals surface area contributed by atoms with E-state index in [0.717, 1.165) is 17.9 Å². The fraction of sp³-hybridized carbons (Fsp3) is 0.333. The molecule has 0 amide bonds. The number of benzene rings is 2. The maximum Gasteiger partial charge on any atom is 0.123 e. The molecule has 1 unspecified atom stereocenters. The summed E-state index contributed by atoms with van der Waals surface area (Å²) in [6.07, 6.45) is 0. The van der Waals surface area contributed by atoms with Crippen molar-refractivity contribution in [1.82, 2.24) is 5.32 Å². The molecule has 2 aromatic rings. The van der Waals surface area contributed by atoms with Crippen LogP contribution < -0.4 is 5.32 Å². The van der Waals surface area contributed by atoms with Crippen molar-refractivity contribution in [2.45, 2.75) is 31.7 Å². The number of rotatable bonds is 6. The fourth-order valence-electron chi connectivity index (χ4n) is 2.35. The van der Waals surface area contributed by atoms with E-state index >= 15 is 0 Å². The molecule has 0 aliphatic heterocycles. The Balaban J connectivity index is 2.09. The normalized spacial score (nSPS) is 12.4. The van der Waals surface area contributed by atoms with Gasteiger partial charge in [-0.3, -0.25) is 0 Å². The number of halogens is 1. The predicted octanol–water partition coefficient (Wildman–Crippen LogP) is 4.89. The van der Waals surface area contributed by atoms with Crippen LogP contribution in [0, 0.1) is 19.7 Å². The van der Waals surface area contributed by atoms with Gasteiger partial charge in [0, 0.05) is 16.7 Å². The average molecular weight is 303 g/mol. The molecule has 0 saturated carbocycles. The molecular formula is C18H22FNS. The maximum absolute atomic E-state index is 13.3. The highest BCUT2D eigenvalue weighted by Gasteiger charge is 2.13. The first-order valence-electron chi connectivity index (χ1n) is 7.29. The van der Waals surface area contributed by atoms with E-state index in [-0.39, 0.29) is 11.9 Å². The Morgan fingerprint density at radius 1 is 1.10 bits per heavy atom. The lowest BCUT2D eigenvalue weighted by atomic mass is 10.0. The van der Waals surface area contributed by atoms with Crippen LogP contribution in [0.2, 0.25) is 0 Å². The summed E-state index contributed by atoms with van der Waals surface area (Å²) in [5, 5.41) is 3.50. The molecule has 0 aliphatic carbocycles. The smallest absolute Gasteiger partial charge is 0.123 e. The zero-order valence-electron chi connectivity index (χ0n) is 12.8. The first-order chi connectivity index (χ1) is 10.1. The molecule has 0 saturated heterocycles. The van der Waals surface area contributed by atoms with Gasteiger partial charge in [-0.25, -0.2) is 4.39 Å². The third-order valence-corrected chi connectivity index (χ3v) is 4.60. The standard InChI is InChI=1S/C18H22FNS/c1-4-20-18(17-10-7-15(19)11-14(17)3)12-21-16-8-5-13(2)6-9-16/h5-11,18,20H,4,12H2,1-3H3. The Morgan fingerprint density at radius 3 is 2.43 bits per heavy atom. The van der Waals surface area contributed by atoms with Crippen LogP contribution in [0.4, 0.5) is 4.39 Å². The summed E-state index contributed by atoms with van der Waals surface area (Å²) in [6, 6.07) is 13.9. The van der Waals surface area contributed by atoms with Crippen molar-refractivity contribution in [2.75, 3.05) is 12.3 Å². The molecule has 1 nitrogen and oxygen atoms in total. The van der Waals surface area contributed by atoms with Gasteiger partial charge >= 0.3 is 0 Å². The van der Waals surface area contributed by atoms with Gasteiger partial charge in [-0.15, -0.1) is 11.8 Å². The molecule has 2 rings (SSSR count). The predicted molar refractivity (Wildman–Crippen MR) is 89.5 cm³/mol. The molecule has 0 radical (unpaired) electrons. The van der Waals surface area contributed by atoms with Gasteiger partial charge in [0.05, 0.1) is 0 Å². The van der Waals surface area contributed by atoms with Crippen molar-refractivity contribution in [3.63, 3.8) is 0 Å². The summed E-state index contributed by atoms with van der Waals surface area (Å²) < 4.78 is 13.3. The Bertz CT molecular complexity index is 580. The molecular weight excluding hydrogens is 281 g/mol. The first kappa shape index (κ1) is 16.1. The molecule has 3 heteroatoms. The molecule has 1 atom stereocenters. The van der Waals surface area contributed by atoms with Crippen LogP contribution in [0.15, 0.2) is 47.4 Å². The number of hydrogen-bond donors (Lipinski definition) is 1. The van der Waals surface area contributed by atoms with Gasteiger partial charge < -0.3 is 5.32 Å². The molecule has 2 aromatic carbocycles. The second-order valence-electron chi connectivity index (χ2n) is 5.24. The quantitative estimate of drug-likeness (QED) is 0.763. The lowest BCUT2D eigenvalue weighted by Gasteiger charge is -2.20. The van der Waals surface area contributed by atoms with Gasteiger partial charge in [-0.05, 0) is 55.8 Å². The number of hydrogen-bond acceptors (Lipinski definition) is 2. The minimum atomic E-state index is -0.169. The zero-order valence-corrected chi connectivity index (χ0v) is 13.6. The van der Waals surface area contributed by atoms with Gasteiger partial charge in [0.25, 0.3) is 0 Å². The lowest BCUT2D eigenvalue weighted by molar-refractivity contribution is 0.594. The van der Waals surface area contributed by atoms with E-state index in [4.69, 9.17) is 0 Å². The third-order valence-electron chi connectivity index (χ3n) is 3.50. The Hall–Kier alpha value is -1.32. The largest absolute Gasteiger partial charge is 0.309 e. The molecule has 0 fully saturated rings. The fourth-order valence-corrected chi connectivity index (χ4v) is 3.33. The van der Waals surface area contributed by atoms with E-state index in [9.17, 15) is 4.39 Å². The van der Waals surface area contributed by atoms with Crippen LogP contribution in [0.25, 0.3) is 0 Å². The van der Waals surface area contributed by atoms with Crippen molar-refractivity contribution < 1.29 is 4.39 Å². The maximum atomic E-state index is 13.3. The number of aryl methyl sites for hydroxylation is 2. The van der Waals surface area contributed by atoms with E-state index in [0.29, 0.717) is 0 Å². The summed E-state index contributed by atoms with van der Waals surface area (Å²) in [5.74, 6) is 0.765. The van der Waals surface area contributed by atoms with Crippen molar-refractivity contribution >= 4 is 11.8 Å². The second kappa shape index (κ2) is 7.62. The van der Waals surface area contributed by atoms with Crippen LogP contribution in [0.5, 0.6) is 0 Å². The van der Waals surface area contributed by atoms with Crippen LogP contribution in [-0.4, -0.2) is 12.3 Å². The highest BCUT2D eigenvalue weighted by molar-refractivity contribution is 7.99. The van der Waals surface area contributed by atoms with Gasteiger partial charge in [-0.2, -0.15) is 0 Å². The van der Waals surface area contributed by atoms with Gasteiger partial charge in [-0.1, -0.05) is 30.7 Å². The molecule has 0 bridgehead atoms. The van der Waals surface area contributed by atoms with Crippen molar-refractivity contribution in [1.29, 1.82) is 0 Å². The van der Waals surface area contributed by atoms with Crippen molar-refractivity contribution in [3.05, 3.63) is 65.0 Å². The molecule has 21 heavy (non-hydrogen) atoms. The van der Waals surface area contributed by atoms with E-state index in [1.165, 1.54) is 16.0 Å². The topological polar surface area (TPSA) is 12.0 Å². The summed E-state index contributed by atoms with van der Waals surface area (Å²) in [6.45, 7) is 7.06. The highest BCUT2D eigenvalue weighted by Crippen LogP contribution is 2.27. The Kier molecular flexibility index (Phi) is 5.83.